The smallest absolute Gasteiger partial charge is 0.311 e. The van der Waals surface area contributed by atoms with Gasteiger partial charge in [0.15, 0.2) is 5.75 Å². The number of benzene rings is 2. The number of nitro groups is 1. The van der Waals surface area contributed by atoms with Gasteiger partial charge in [-0.1, -0.05) is 12.1 Å². The van der Waals surface area contributed by atoms with Crippen molar-refractivity contribution in [2.75, 3.05) is 12.4 Å². The zero-order chi connectivity index (χ0) is 19.8. The Balaban J connectivity index is 1.93. The molecule has 0 saturated heterocycles. The van der Waals surface area contributed by atoms with Gasteiger partial charge in [0.25, 0.3) is 5.91 Å². The Labute approximate surface area is 158 Å². The molecule has 0 aliphatic heterocycles. The van der Waals surface area contributed by atoms with E-state index in [1.165, 1.54) is 30.3 Å². The van der Waals surface area contributed by atoms with Crippen molar-refractivity contribution in [3.05, 3.63) is 64.0 Å². The van der Waals surface area contributed by atoms with Gasteiger partial charge >= 0.3 is 5.69 Å². The summed E-state index contributed by atoms with van der Waals surface area (Å²) in [6, 6.07) is 9.70. The van der Waals surface area contributed by atoms with E-state index in [0.29, 0.717) is 4.90 Å². The van der Waals surface area contributed by atoms with Crippen LogP contribution in [0.25, 0.3) is 0 Å². The van der Waals surface area contributed by atoms with E-state index in [1.54, 1.807) is 13.0 Å². The normalized spacial score (nSPS) is 10.1. The summed E-state index contributed by atoms with van der Waals surface area (Å²) in [5.41, 5.74) is 3.96. The van der Waals surface area contributed by atoms with Gasteiger partial charge in [-0.3, -0.25) is 30.6 Å². The summed E-state index contributed by atoms with van der Waals surface area (Å²) in [5.74, 6) is -1.81. The number of ether oxygens (including phenoxy) is 1. The third kappa shape index (κ3) is 5.68. The van der Waals surface area contributed by atoms with Crippen molar-refractivity contribution in [3.63, 3.8) is 0 Å². The summed E-state index contributed by atoms with van der Waals surface area (Å²) < 4.78 is 18.6. The highest BCUT2D eigenvalue weighted by atomic mass is 32.2. The maximum absolute atomic E-state index is 13.5. The number of halogens is 1. The molecule has 2 amide bonds. The van der Waals surface area contributed by atoms with Gasteiger partial charge in [0.2, 0.25) is 5.91 Å². The van der Waals surface area contributed by atoms with Gasteiger partial charge in [-0.2, -0.15) is 0 Å². The third-order valence-electron chi connectivity index (χ3n) is 3.23. The fraction of sp³-hybridized carbons (Fsp3) is 0.176. The Hall–Kier alpha value is -3.14. The predicted octanol–water partition coefficient (Wildman–Crippen LogP) is 2.69. The number of nitrogens with zero attached hydrogens (tertiary/aromatic N) is 1. The van der Waals surface area contributed by atoms with Crippen molar-refractivity contribution >= 4 is 29.3 Å². The zero-order valence-electron chi connectivity index (χ0n) is 14.2. The van der Waals surface area contributed by atoms with Crippen molar-refractivity contribution in [1.82, 2.24) is 10.9 Å². The second-order valence-corrected chi connectivity index (χ2v) is 6.11. The van der Waals surface area contributed by atoms with E-state index in [2.05, 4.69) is 10.9 Å². The van der Waals surface area contributed by atoms with Crippen LogP contribution in [0.2, 0.25) is 0 Å². The van der Waals surface area contributed by atoms with Crippen LogP contribution >= 0.6 is 11.8 Å². The number of hydrazine groups is 1. The second-order valence-electron chi connectivity index (χ2n) is 5.09. The maximum Gasteiger partial charge on any atom is 0.311 e. The molecule has 0 aliphatic rings. The second kappa shape index (κ2) is 9.53. The molecule has 2 aromatic carbocycles. The highest BCUT2D eigenvalue weighted by Gasteiger charge is 2.19. The molecule has 0 saturated carbocycles. The Morgan fingerprint density at radius 1 is 1.22 bits per heavy atom. The molecule has 2 N–H and O–H groups in total. The molecule has 2 aromatic rings. The Morgan fingerprint density at radius 3 is 2.63 bits per heavy atom. The Morgan fingerprint density at radius 2 is 1.96 bits per heavy atom. The molecule has 0 unspecified atom stereocenters. The van der Waals surface area contributed by atoms with E-state index in [9.17, 15) is 24.1 Å². The highest BCUT2D eigenvalue weighted by Crippen LogP contribution is 2.28. The highest BCUT2D eigenvalue weighted by molar-refractivity contribution is 8.00. The first kappa shape index (κ1) is 20.2. The Bertz CT molecular complexity index is 862. The molecular weight excluding hydrogens is 377 g/mol. The lowest BCUT2D eigenvalue weighted by molar-refractivity contribution is -0.385. The quantitative estimate of drug-likeness (QED) is 0.425. The monoisotopic (exact) mass is 393 g/mol. The molecule has 8 nitrogen and oxygen atoms in total. The van der Waals surface area contributed by atoms with E-state index in [1.807, 2.05) is 0 Å². The minimum Gasteiger partial charge on any atom is -0.487 e. The molecule has 0 heterocycles. The molecule has 27 heavy (non-hydrogen) atoms. The van der Waals surface area contributed by atoms with Gasteiger partial charge in [0.05, 0.1) is 17.3 Å². The molecule has 0 fully saturated rings. The minimum atomic E-state index is -0.731. The van der Waals surface area contributed by atoms with Gasteiger partial charge in [0.1, 0.15) is 5.82 Å². The summed E-state index contributed by atoms with van der Waals surface area (Å²) in [5, 5.41) is 11.1. The lowest BCUT2D eigenvalue weighted by atomic mass is 10.2. The lowest BCUT2D eigenvalue weighted by Crippen LogP contribution is -2.42. The van der Waals surface area contributed by atoms with E-state index >= 15 is 0 Å². The third-order valence-corrected chi connectivity index (χ3v) is 4.28. The Kier molecular flexibility index (Phi) is 7.12. The van der Waals surface area contributed by atoms with E-state index in [4.69, 9.17) is 4.74 Å². The topological polar surface area (TPSA) is 111 Å². The number of nitrogens with one attached hydrogen (secondary N) is 2. The number of thioether (sulfide) groups is 1. The molecule has 10 heteroatoms. The number of nitro benzene ring substituents is 1. The average molecular weight is 393 g/mol. The van der Waals surface area contributed by atoms with Gasteiger partial charge in [-0.05, 0) is 31.2 Å². The fourth-order valence-electron chi connectivity index (χ4n) is 2.02. The maximum atomic E-state index is 13.5. The number of carbonyl (C=O) groups excluding carboxylic acids is 2. The first-order valence-electron chi connectivity index (χ1n) is 7.80. The van der Waals surface area contributed by atoms with Gasteiger partial charge in [-0.15, -0.1) is 11.8 Å². The van der Waals surface area contributed by atoms with Crippen LogP contribution < -0.4 is 15.6 Å². The van der Waals surface area contributed by atoms with Crippen molar-refractivity contribution in [1.29, 1.82) is 0 Å². The van der Waals surface area contributed by atoms with Crippen LogP contribution in [0, 0.1) is 15.9 Å². The molecule has 0 radical (unpaired) electrons. The molecule has 0 aromatic heterocycles. The number of hydrogen-bond acceptors (Lipinski definition) is 6. The molecule has 0 aliphatic carbocycles. The van der Waals surface area contributed by atoms with E-state index in [-0.39, 0.29) is 29.4 Å². The summed E-state index contributed by atoms with van der Waals surface area (Å²) in [6.07, 6.45) is 0. The standard InChI is InChI=1S/C17H16FN3O5S/c1-2-26-14-8-7-11(9-13(14)21(24)25)17(23)20-19-16(22)10-27-15-6-4-3-5-12(15)18/h3-9H,2,10H2,1H3,(H,19,22)(H,20,23). The number of carbonyl (C=O) groups is 2. The van der Waals surface area contributed by atoms with Crippen molar-refractivity contribution in [2.24, 2.45) is 0 Å². The summed E-state index contributed by atoms with van der Waals surface area (Å²) in [7, 11) is 0. The average Bonchev–Trinajstić information content (AvgIpc) is 2.65. The van der Waals surface area contributed by atoms with Gasteiger partial charge in [0, 0.05) is 16.5 Å². The van der Waals surface area contributed by atoms with Crippen LogP contribution in [0.4, 0.5) is 10.1 Å². The molecular formula is C17H16FN3O5S. The van der Waals surface area contributed by atoms with Crippen molar-refractivity contribution in [2.45, 2.75) is 11.8 Å². The summed E-state index contributed by atoms with van der Waals surface area (Å²) in [4.78, 5) is 34.6. The van der Waals surface area contributed by atoms with Crippen LogP contribution in [-0.4, -0.2) is 29.1 Å². The van der Waals surface area contributed by atoms with Gasteiger partial charge in [-0.25, -0.2) is 4.39 Å². The molecule has 0 spiro atoms. The summed E-state index contributed by atoms with van der Waals surface area (Å²) >= 11 is 0.972. The molecule has 0 atom stereocenters. The SMILES string of the molecule is CCOc1ccc(C(=O)NNC(=O)CSc2ccccc2F)cc1[N+](=O)[O-]. The van der Waals surface area contributed by atoms with Crippen LogP contribution in [0.15, 0.2) is 47.4 Å². The number of amides is 2. The largest absolute Gasteiger partial charge is 0.487 e. The molecule has 0 bridgehead atoms. The fourth-order valence-corrected chi connectivity index (χ4v) is 2.76. The van der Waals surface area contributed by atoms with Crippen molar-refractivity contribution < 1.29 is 23.6 Å². The van der Waals surface area contributed by atoms with Crippen molar-refractivity contribution in [3.8, 4) is 5.75 Å². The first-order valence-corrected chi connectivity index (χ1v) is 8.78. The van der Waals surface area contributed by atoms with E-state index in [0.717, 1.165) is 17.8 Å². The molecule has 142 valence electrons. The lowest BCUT2D eigenvalue weighted by Gasteiger charge is -2.09. The van der Waals surface area contributed by atoms with Crippen LogP contribution in [0.3, 0.4) is 0 Å². The minimum absolute atomic E-state index is 0.0211. The molecule has 2 rings (SSSR count). The number of hydrogen-bond donors (Lipinski definition) is 2. The summed E-state index contributed by atoms with van der Waals surface area (Å²) in [6.45, 7) is 1.92. The number of rotatable bonds is 7. The first-order chi connectivity index (χ1) is 12.9. The van der Waals surface area contributed by atoms with Gasteiger partial charge < -0.3 is 4.74 Å². The van der Waals surface area contributed by atoms with Crippen LogP contribution in [0.1, 0.15) is 17.3 Å². The van der Waals surface area contributed by atoms with E-state index < -0.39 is 22.6 Å². The predicted molar refractivity (Wildman–Crippen MR) is 97.0 cm³/mol. The zero-order valence-corrected chi connectivity index (χ0v) is 15.0. The van der Waals surface area contributed by atoms with Crippen LogP contribution in [0.5, 0.6) is 5.75 Å². The van der Waals surface area contributed by atoms with Crippen LogP contribution in [-0.2, 0) is 4.79 Å².